The fourth-order valence-corrected chi connectivity index (χ4v) is 2.72. The molecule has 0 spiro atoms. The van der Waals surface area contributed by atoms with Crippen LogP contribution in [0.4, 0.5) is 0 Å². The Labute approximate surface area is 112 Å². The Morgan fingerprint density at radius 3 is 2.62 bits per heavy atom. The van der Waals surface area contributed by atoms with Crippen molar-refractivity contribution < 1.29 is 5.11 Å². The molecule has 1 nitrogen and oxygen atoms in total. The van der Waals surface area contributed by atoms with Gasteiger partial charge in [0.25, 0.3) is 0 Å². The van der Waals surface area contributed by atoms with E-state index < -0.39 is 6.10 Å². The van der Waals surface area contributed by atoms with E-state index in [0.29, 0.717) is 5.02 Å². The third-order valence-electron chi connectivity index (χ3n) is 2.33. The van der Waals surface area contributed by atoms with Crippen LogP contribution in [0.15, 0.2) is 34.1 Å². The van der Waals surface area contributed by atoms with Crippen LogP contribution in [-0.4, -0.2) is 5.11 Å². The molecule has 0 aliphatic rings. The molecule has 1 unspecified atom stereocenters. The molecule has 0 radical (unpaired) electrons. The Balaban J connectivity index is 2.33. The summed E-state index contributed by atoms with van der Waals surface area (Å²) in [4.78, 5) is 1.20. The number of thiophene rings is 1. The minimum absolute atomic E-state index is 0.585. The smallest absolute Gasteiger partial charge is 0.105 e. The predicted molar refractivity (Wildman–Crippen MR) is 72.3 cm³/mol. The molecule has 0 saturated carbocycles. The van der Waals surface area contributed by atoms with Crippen molar-refractivity contribution in [3.8, 4) is 0 Å². The summed E-state index contributed by atoms with van der Waals surface area (Å²) >= 11 is 10.9. The molecule has 0 bridgehead atoms. The lowest BCUT2D eigenvalue weighted by atomic mass is 10.0. The summed E-state index contributed by atoms with van der Waals surface area (Å²) in [6.45, 7) is 2.03. The highest BCUT2D eigenvalue weighted by Crippen LogP contribution is 2.30. The lowest BCUT2D eigenvalue weighted by Gasteiger charge is -2.10. The normalized spacial score (nSPS) is 12.8. The van der Waals surface area contributed by atoms with Crippen LogP contribution in [0.3, 0.4) is 0 Å². The molecule has 1 N–H and O–H groups in total. The van der Waals surface area contributed by atoms with Gasteiger partial charge in [-0.05, 0) is 57.6 Å². The second-order valence-corrected chi connectivity index (χ2v) is 5.94. The maximum Gasteiger partial charge on any atom is 0.105 e. The van der Waals surface area contributed by atoms with E-state index in [1.54, 1.807) is 17.4 Å². The maximum absolute atomic E-state index is 10.2. The number of halogens is 2. The van der Waals surface area contributed by atoms with Crippen LogP contribution >= 0.6 is 38.9 Å². The molecule has 84 valence electrons. The third-order valence-corrected chi connectivity index (χ3v) is 4.42. The molecule has 0 aliphatic heterocycles. The molecule has 2 aromatic rings. The Morgan fingerprint density at radius 2 is 2.06 bits per heavy atom. The number of aryl methyl sites for hydroxylation is 1. The van der Waals surface area contributed by atoms with Crippen LogP contribution in [0.1, 0.15) is 22.1 Å². The second kappa shape index (κ2) is 4.88. The first kappa shape index (κ1) is 12.1. The Hall–Kier alpha value is -0.350. The van der Waals surface area contributed by atoms with Crippen LogP contribution in [0.25, 0.3) is 0 Å². The van der Waals surface area contributed by atoms with Crippen molar-refractivity contribution >= 4 is 38.9 Å². The summed E-state index contributed by atoms with van der Waals surface area (Å²) in [6, 6.07) is 7.46. The summed E-state index contributed by atoms with van der Waals surface area (Å²) in [5.41, 5.74) is 1.77. The molecule has 0 amide bonds. The standard InChI is InChI=1S/C12H10BrClOS/c1-7-4-9(6-16-7)12(15)8-2-3-11(14)10(13)5-8/h2-6,12,15H,1H3. The monoisotopic (exact) mass is 316 g/mol. The first-order valence-electron chi connectivity index (χ1n) is 4.76. The lowest BCUT2D eigenvalue weighted by molar-refractivity contribution is 0.220. The number of hydrogen-bond acceptors (Lipinski definition) is 2. The Morgan fingerprint density at radius 1 is 1.31 bits per heavy atom. The Bertz CT molecular complexity index is 509. The van der Waals surface area contributed by atoms with E-state index in [-0.39, 0.29) is 0 Å². The number of benzene rings is 1. The molecule has 16 heavy (non-hydrogen) atoms. The summed E-state index contributed by atoms with van der Waals surface area (Å²) in [5.74, 6) is 0. The number of aliphatic hydroxyl groups is 1. The van der Waals surface area contributed by atoms with Gasteiger partial charge in [-0.1, -0.05) is 17.7 Å². The fraction of sp³-hybridized carbons (Fsp3) is 0.167. The minimum Gasteiger partial charge on any atom is -0.384 e. The topological polar surface area (TPSA) is 20.2 Å². The molecule has 0 aliphatic carbocycles. The highest BCUT2D eigenvalue weighted by molar-refractivity contribution is 9.10. The van der Waals surface area contributed by atoms with Gasteiger partial charge in [-0.3, -0.25) is 0 Å². The average Bonchev–Trinajstić information content (AvgIpc) is 2.68. The van der Waals surface area contributed by atoms with E-state index >= 15 is 0 Å². The SMILES string of the molecule is Cc1cc(C(O)c2ccc(Cl)c(Br)c2)cs1. The summed E-state index contributed by atoms with van der Waals surface area (Å²) < 4.78 is 0.803. The summed E-state index contributed by atoms with van der Waals surface area (Å²) in [5, 5.41) is 12.8. The van der Waals surface area contributed by atoms with Crippen molar-refractivity contribution in [1.29, 1.82) is 0 Å². The van der Waals surface area contributed by atoms with E-state index in [4.69, 9.17) is 11.6 Å². The first-order valence-corrected chi connectivity index (χ1v) is 6.81. The van der Waals surface area contributed by atoms with Gasteiger partial charge in [0.2, 0.25) is 0 Å². The summed E-state index contributed by atoms with van der Waals surface area (Å²) in [7, 11) is 0. The van der Waals surface area contributed by atoms with E-state index in [9.17, 15) is 5.11 Å². The fourth-order valence-electron chi connectivity index (χ4n) is 1.48. The van der Waals surface area contributed by atoms with Crippen molar-refractivity contribution in [3.63, 3.8) is 0 Å². The summed E-state index contributed by atoms with van der Waals surface area (Å²) in [6.07, 6.45) is -0.585. The molecular formula is C12H10BrClOS. The molecule has 1 aromatic heterocycles. The zero-order valence-electron chi connectivity index (χ0n) is 8.58. The van der Waals surface area contributed by atoms with Crippen molar-refractivity contribution in [2.75, 3.05) is 0 Å². The van der Waals surface area contributed by atoms with Gasteiger partial charge in [0.1, 0.15) is 6.10 Å². The van der Waals surface area contributed by atoms with Crippen molar-refractivity contribution in [1.82, 2.24) is 0 Å². The number of hydrogen-bond donors (Lipinski definition) is 1. The van der Waals surface area contributed by atoms with Gasteiger partial charge in [-0.15, -0.1) is 11.3 Å². The molecule has 1 heterocycles. The van der Waals surface area contributed by atoms with E-state index in [2.05, 4.69) is 15.9 Å². The molecule has 4 heteroatoms. The van der Waals surface area contributed by atoms with E-state index in [1.165, 1.54) is 4.88 Å². The van der Waals surface area contributed by atoms with Crippen LogP contribution in [0, 0.1) is 6.92 Å². The quantitative estimate of drug-likeness (QED) is 0.861. The lowest BCUT2D eigenvalue weighted by Crippen LogP contribution is -1.97. The van der Waals surface area contributed by atoms with Gasteiger partial charge < -0.3 is 5.11 Å². The maximum atomic E-state index is 10.2. The van der Waals surface area contributed by atoms with Gasteiger partial charge in [-0.25, -0.2) is 0 Å². The largest absolute Gasteiger partial charge is 0.384 e. The highest BCUT2D eigenvalue weighted by Gasteiger charge is 2.12. The molecular weight excluding hydrogens is 308 g/mol. The third kappa shape index (κ3) is 2.48. The molecule has 0 fully saturated rings. The van der Waals surface area contributed by atoms with Crippen molar-refractivity contribution in [2.24, 2.45) is 0 Å². The van der Waals surface area contributed by atoms with Crippen LogP contribution < -0.4 is 0 Å². The zero-order chi connectivity index (χ0) is 11.7. The second-order valence-electron chi connectivity index (χ2n) is 3.57. The van der Waals surface area contributed by atoms with Gasteiger partial charge in [0, 0.05) is 9.35 Å². The molecule has 1 atom stereocenters. The predicted octanol–water partition coefficient (Wildman–Crippen LogP) is 4.55. The minimum atomic E-state index is -0.585. The Kier molecular flexibility index (Phi) is 3.70. The van der Waals surface area contributed by atoms with Crippen LogP contribution in [-0.2, 0) is 0 Å². The van der Waals surface area contributed by atoms with Gasteiger partial charge in [0.05, 0.1) is 5.02 Å². The molecule has 1 aromatic carbocycles. The van der Waals surface area contributed by atoms with E-state index in [1.807, 2.05) is 30.5 Å². The van der Waals surface area contributed by atoms with Crippen molar-refractivity contribution in [2.45, 2.75) is 13.0 Å². The first-order chi connectivity index (χ1) is 7.58. The number of aliphatic hydroxyl groups excluding tert-OH is 1. The van der Waals surface area contributed by atoms with Crippen molar-refractivity contribution in [3.05, 3.63) is 55.1 Å². The zero-order valence-corrected chi connectivity index (χ0v) is 11.7. The van der Waals surface area contributed by atoms with Crippen LogP contribution in [0.2, 0.25) is 5.02 Å². The number of rotatable bonds is 2. The average molecular weight is 318 g/mol. The molecule has 2 rings (SSSR count). The molecule has 0 saturated heterocycles. The van der Waals surface area contributed by atoms with Gasteiger partial charge >= 0.3 is 0 Å². The van der Waals surface area contributed by atoms with Crippen LogP contribution in [0.5, 0.6) is 0 Å². The van der Waals surface area contributed by atoms with Gasteiger partial charge in [-0.2, -0.15) is 0 Å². The highest BCUT2D eigenvalue weighted by atomic mass is 79.9. The van der Waals surface area contributed by atoms with Gasteiger partial charge in [0.15, 0.2) is 0 Å². The van der Waals surface area contributed by atoms with E-state index in [0.717, 1.165) is 15.6 Å².